The van der Waals surface area contributed by atoms with Gasteiger partial charge in [0.2, 0.25) is 0 Å². The van der Waals surface area contributed by atoms with Crippen LogP contribution < -0.4 is 0 Å². The van der Waals surface area contributed by atoms with Gasteiger partial charge in [-0.15, -0.1) is 23.5 Å². The summed E-state index contributed by atoms with van der Waals surface area (Å²) < 4.78 is 9.09. The highest BCUT2D eigenvalue weighted by Crippen LogP contribution is 2.62. The van der Waals surface area contributed by atoms with Crippen molar-refractivity contribution < 1.29 is 19.2 Å². The lowest BCUT2D eigenvalue weighted by atomic mass is 9.87. The van der Waals surface area contributed by atoms with Gasteiger partial charge in [0, 0.05) is 11.5 Å². The molecule has 0 saturated carbocycles. The summed E-state index contributed by atoms with van der Waals surface area (Å²) >= 11 is 3.08. The summed E-state index contributed by atoms with van der Waals surface area (Å²) in [4.78, 5) is 25.9. The minimum Gasteiger partial charge on any atom is -0.438 e. The molecule has 0 amide bonds. The van der Waals surface area contributed by atoms with Gasteiger partial charge in [-0.05, 0) is 16.9 Å². The third-order valence-corrected chi connectivity index (χ3v) is 6.91. The Morgan fingerprint density at radius 1 is 1.39 bits per heavy atom. The van der Waals surface area contributed by atoms with Crippen LogP contribution in [0.2, 0.25) is 0 Å². The minimum atomic E-state index is -0.745. The third-order valence-electron chi connectivity index (χ3n) is 3.43. The average molecular weight is 356 g/mol. The van der Waals surface area contributed by atoms with Gasteiger partial charge in [-0.2, -0.15) is 0 Å². The number of rotatable bonds is 5. The van der Waals surface area contributed by atoms with E-state index in [1.54, 1.807) is 29.6 Å². The van der Waals surface area contributed by atoms with Crippen molar-refractivity contribution in [3.05, 3.63) is 45.0 Å². The fourth-order valence-electron chi connectivity index (χ4n) is 2.14. The minimum absolute atomic E-state index is 0.0616. The van der Waals surface area contributed by atoms with Crippen molar-refractivity contribution in [3.63, 3.8) is 0 Å². The van der Waals surface area contributed by atoms with E-state index in [0.29, 0.717) is 5.69 Å². The van der Waals surface area contributed by atoms with Crippen molar-refractivity contribution in [2.24, 2.45) is 5.41 Å². The van der Waals surface area contributed by atoms with Gasteiger partial charge in [-0.25, -0.2) is 4.79 Å². The molecule has 1 aliphatic heterocycles. The van der Waals surface area contributed by atoms with E-state index in [-0.39, 0.29) is 12.3 Å². The number of pyridine rings is 1. The highest BCUT2D eigenvalue weighted by Gasteiger charge is 2.51. The highest BCUT2D eigenvalue weighted by atomic mass is 32.2. The zero-order valence-electron chi connectivity index (χ0n) is 12.8. The topological polar surface area (TPSA) is 91.6 Å². The largest absolute Gasteiger partial charge is 0.507 e. The second-order valence-electron chi connectivity index (χ2n) is 5.41. The number of thioether (sulfide) groups is 2. The molecule has 1 aromatic rings. The first-order valence-electron chi connectivity index (χ1n) is 6.65. The van der Waals surface area contributed by atoms with Gasteiger partial charge in [0.05, 0.1) is 17.7 Å². The molecule has 0 aliphatic carbocycles. The molecular weight excluding hydrogens is 340 g/mol. The van der Waals surface area contributed by atoms with E-state index in [4.69, 9.17) is 4.74 Å². The van der Waals surface area contributed by atoms with E-state index >= 15 is 0 Å². The molecule has 23 heavy (non-hydrogen) atoms. The Labute approximate surface area is 142 Å². The first-order valence-corrected chi connectivity index (χ1v) is 8.41. The van der Waals surface area contributed by atoms with Crippen LogP contribution in [0, 0.1) is 15.5 Å². The average Bonchev–Trinajstić information content (AvgIpc) is 3.04. The van der Waals surface area contributed by atoms with Crippen LogP contribution in [0.4, 0.5) is 10.5 Å². The monoisotopic (exact) mass is 356 g/mol. The van der Waals surface area contributed by atoms with Gasteiger partial charge in [-0.3, -0.25) is 15.1 Å². The number of nitrogens with zero attached hydrogens (tertiary/aromatic N) is 2. The van der Waals surface area contributed by atoms with Crippen molar-refractivity contribution in [1.29, 1.82) is 0 Å². The van der Waals surface area contributed by atoms with Gasteiger partial charge in [-0.1, -0.05) is 13.8 Å². The van der Waals surface area contributed by atoms with E-state index in [9.17, 15) is 14.9 Å². The summed E-state index contributed by atoms with van der Waals surface area (Å²) in [5.41, 5.74) is 0.124. The zero-order valence-corrected chi connectivity index (χ0v) is 14.5. The number of nitro groups is 1. The van der Waals surface area contributed by atoms with Crippen LogP contribution in [0.15, 0.2) is 29.1 Å². The Morgan fingerprint density at radius 2 is 2.04 bits per heavy atom. The van der Waals surface area contributed by atoms with Crippen LogP contribution in [-0.2, 0) is 13.6 Å². The summed E-state index contributed by atoms with van der Waals surface area (Å²) in [7, 11) is 1.25. The lowest BCUT2D eigenvalue weighted by Gasteiger charge is -2.41. The molecule has 124 valence electrons. The standard InChI is InChI=1S/C14H16N2O5S2/c1-13(2,9-21-12(17)20-3)14(22-6-7-23-14)11-5-4-10(8-15-11)16(18)19/h4-8H,9H2,1-3H3. The second-order valence-corrected chi connectivity index (χ2v) is 7.91. The third kappa shape index (κ3) is 3.45. The number of methoxy groups -OCH3 is 1. The van der Waals surface area contributed by atoms with Crippen molar-refractivity contribution in [2.75, 3.05) is 13.7 Å². The van der Waals surface area contributed by atoms with Crippen LogP contribution in [0.25, 0.3) is 0 Å². The van der Waals surface area contributed by atoms with Gasteiger partial charge in [0.1, 0.15) is 16.9 Å². The van der Waals surface area contributed by atoms with Crippen LogP contribution in [0.5, 0.6) is 0 Å². The van der Waals surface area contributed by atoms with E-state index < -0.39 is 20.6 Å². The molecule has 0 radical (unpaired) electrons. The SMILES string of the molecule is COC(=O)OCC(C)(C)C1(c2ccc([N+](=O)[O-])cn2)SC=CS1. The van der Waals surface area contributed by atoms with E-state index in [0.717, 1.165) is 0 Å². The lowest BCUT2D eigenvalue weighted by Crippen LogP contribution is -2.39. The highest BCUT2D eigenvalue weighted by molar-refractivity contribution is 8.23. The van der Waals surface area contributed by atoms with E-state index in [1.807, 2.05) is 24.7 Å². The summed E-state index contributed by atoms with van der Waals surface area (Å²) in [6, 6.07) is 3.08. The quantitative estimate of drug-likeness (QED) is 0.445. The van der Waals surface area contributed by atoms with Crippen LogP contribution in [0.1, 0.15) is 19.5 Å². The molecular formula is C14H16N2O5S2. The number of carbonyl (C=O) groups is 1. The Balaban J connectivity index is 2.31. The fraction of sp³-hybridized carbons (Fsp3) is 0.429. The molecule has 0 spiro atoms. The molecule has 0 aromatic carbocycles. The number of ether oxygens (including phenoxy) is 2. The smallest absolute Gasteiger partial charge is 0.438 e. The Kier molecular flexibility index (Phi) is 5.20. The first kappa shape index (κ1) is 17.6. The molecule has 0 N–H and O–H groups in total. The molecule has 0 bridgehead atoms. The molecule has 0 fully saturated rings. The van der Waals surface area contributed by atoms with Crippen molar-refractivity contribution in [3.8, 4) is 0 Å². The molecule has 2 rings (SSSR count). The van der Waals surface area contributed by atoms with Crippen molar-refractivity contribution >= 4 is 35.4 Å². The van der Waals surface area contributed by atoms with Gasteiger partial charge < -0.3 is 9.47 Å². The normalized spacial score (nSPS) is 16.1. The molecule has 9 heteroatoms. The van der Waals surface area contributed by atoms with Crippen LogP contribution in [-0.4, -0.2) is 29.8 Å². The first-order chi connectivity index (χ1) is 10.8. The Hall–Kier alpha value is -1.74. The molecule has 7 nitrogen and oxygen atoms in total. The van der Waals surface area contributed by atoms with E-state index in [2.05, 4.69) is 9.72 Å². The summed E-state index contributed by atoms with van der Waals surface area (Å²) in [5.74, 6) is 0. The van der Waals surface area contributed by atoms with Crippen molar-refractivity contribution in [1.82, 2.24) is 4.98 Å². The summed E-state index contributed by atoms with van der Waals surface area (Å²) in [5, 5.41) is 14.7. The van der Waals surface area contributed by atoms with Gasteiger partial charge in [0.25, 0.3) is 5.69 Å². The number of hydrogen-bond acceptors (Lipinski definition) is 8. The Bertz CT molecular complexity index is 623. The van der Waals surface area contributed by atoms with Crippen LogP contribution >= 0.6 is 23.5 Å². The number of aromatic nitrogens is 1. The molecule has 0 atom stereocenters. The van der Waals surface area contributed by atoms with E-state index in [1.165, 1.54) is 19.4 Å². The maximum atomic E-state index is 11.3. The summed E-state index contributed by atoms with van der Waals surface area (Å²) in [6.45, 7) is 4.03. The molecule has 1 aliphatic rings. The Morgan fingerprint density at radius 3 is 2.52 bits per heavy atom. The number of hydrogen-bond donors (Lipinski definition) is 0. The predicted molar refractivity (Wildman–Crippen MR) is 89.0 cm³/mol. The summed E-state index contributed by atoms with van der Waals surface area (Å²) in [6.07, 6.45) is 0.499. The number of carbonyl (C=O) groups excluding carboxylic acids is 1. The predicted octanol–water partition coefficient (Wildman–Crippen LogP) is 3.90. The lowest BCUT2D eigenvalue weighted by molar-refractivity contribution is -0.385. The second kappa shape index (κ2) is 6.79. The molecule has 0 unspecified atom stereocenters. The van der Waals surface area contributed by atoms with Gasteiger partial charge in [0.15, 0.2) is 0 Å². The molecule has 1 aromatic heterocycles. The van der Waals surface area contributed by atoms with Crippen LogP contribution in [0.3, 0.4) is 0 Å². The zero-order chi connectivity index (χ0) is 17.1. The van der Waals surface area contributed by atoms with Crippen molar-refractivity contribution in [2.45, 2.75) is 17.9 Å². The maximum Gasteiger partial charge on any atom is 0.507 e. The fourth-order valence-corrected chi connectivity index (χ4v) is 4.77. The molecule has 0 saturated heterocycles. The molecule has 2 heterocycles. The van der Waals surface area contributed by atoms with Gasteiger partial charge >= 0.3 is 6.16 Å². The maximum absolute atomic E-state index is 11.3.